The molecule has 0 saturated carbocycles. The van der Waals surface area contributed by atoms with E-state index in [9.17, 15) is 9.59 Å². The maximum Gasteiger partial charge on any atom is 0.251 e. The summed E-state index contributed by atoms with van der Waals surface area (Å²) in [6, 6.07) is 14.1. The van der Waals surface area contributed by atoms with Crippen LogP contribution in [0.25, 0.3) is 0 Å². The van der Waals surface area contributed by atoms with Crippen LogP contribution < -0.4 is 16.8 Å². The Morgan fingerprint density at radius 2 is 1.58 bits per heavy atom. The van der Waals surface area contributed by atoms with Crippen LogP contribution in [0, 0.1) is 0 Å². The molecule has 1 atom stereocenters. The van der Waals surface area contributed by atoms with Crippen LogP contribution in [0.1, 0.15) is 57.7 Å². The number of primary amides is 1. The average Bonchev–Trinajstić information content (AvgIpc) is 2.59. The van der Waals surface area contributed by atoms with Crippen LogP contribution in [0.2, 0.25) is 0 Å². The van der Waals surface area contributed by atoms with Gasteiger partial charge in [-0.2, -0.15) is 0 Å². The maximum absolute atomic E-state index is 12.2. The topological polar surface area (TPSA) is 98.2 Å². The van der Waals surface area contributed by atoms with E-state index in [2.05, 4.69) is 31.3 Å². The van der Waals surface area contributed by atoms with E-state index >= 15 is 0 Å². The SMILES string of the molecule is CC(C)c1ccc(C(N)CNC(=O)c2cccc(C(N)=O)c2)cc1. The van der Waals surface area contributed by atoms with Crippen LogP contribution in [0.3, 0.4) is 0 Å². The molecule has 1 unspecified atom stereocenters. The van der Waals surface area contributed by atoms with Crippen molar-refractivity contribution in [3.8, 4) is 0 Å². The van der Waals surface area contributed by atoms with Gasteiger partial charge < -0.3 is 16.8 Å². The van der Waals surface area contributed by atoms with E-state index in [1.54, 1.807) is 18.2 Å². The first-order chi connectivity index (χ1) is 11.4. The molecule has 0 aliphatic carbocycles. The lowest BCUT2D eigenvalue weighted by atomic mass is 9.99. The molecule has 5 heteroatoms. The Hall–Kier alpha value is -2.66. The molecule has 2 aromatic carbocycles. The monoisotopic (exact) mass is 325 g/mol. The number of carbonyl (C=O) groups is 2. The third-order valence-electron chi connectivity index (χ3n) is 3.92. The smallest absolute Gasteiger partial charge is 0.251 e. The third kappa shape index (κ3) is 4.43. The lowest BCUT2D eigenvalue weighted by Gasteiger charge is -2.15. The van der Waals surface area contributed by atoms with Crippen LogP contribution >= 0.6 is 0 Å². The average molecular weight is 325 g/mol. The van der Waals surface area contributed by atoms with Gasteiger partial charge in [0.25, 0.3) is 5.91 Å². The van der Waals surface area contributed by atoms with Crippen LogP contribution in [0.15, 0.2) is 48.5 Å². The summed E-state index contributed by atoms with van der Waals surface area (Å²) in [7, 11) is 0. The number of carbonyl (C=O) groups excluding carboxylic acids is 2. The lowest BCUT2D eigenvalue weighted by molar-refractivity contribution is 0.0951. The Morgan fingerprint density at radius 1 is 1.00 bits per heavy atom. The molecule has 0 bridgehead atoms. The summed E-state index contributed by atoms with van der Waals surface area (Å²) in [5, 5.41) is 2.78. The first-order valence-corrected chi connectivity index (χ1v) is 7.92. The largest absolute Gasteiger partial charge is 0.366 e. The van der Waals surface area contributed by atoms with Crippen molar-refractivity contribution >= 4 is 11.8 Å². The summed E-state index contributed by atoms with van der Waals surface area (Å²) >= 11 is 0. The zero-order valence-electron chi connectivity index (χ0n) is 14.0. The van der Waals surface area contributed by atoms with Gasteiger partial charge in [-0.3, -0.25) is 9.59 Å². The van der Waals surface area contributed by atoms with E-state index in [4.69, 9.17) is 11.5 Å². The quantitative estimate of drug-likeness (QED) is 0.760. The van der Waals surface area contributed by atoms with Gasteiger partial charge in [-0.1, -0.05) is 44.2 Å². The summed E-state index contributed by atoms with van der Waals surface area (Å²) in [6.07, 6.45) is 0. The molecular formula is C19H23N3O2. The van der Waals surface area contributed by atoms with Crippen molar-refractivity contribution < 1.29 is 9.59 Å². The van der Waals surface area contributed by atoms with E-state index in [0.29, 0.717) is 23.6 Å². The Bertz CT molecular complexity index is 724. The number of hydrogen-bond donors (Lipinski definition) is 3. The van der Waals surface area contributed by atoms with Crippen LogP contribution in [-0.4, -0.2) is 18.4 Å². The van der Waals surface area contributed by atoms with Crippen molar-refractivity contribution in [2.45, 2.75) is 25.8 Å². The number of rotatable bonds is 6. The fraction of sp³-hybridized carbons (Fsp3) is 0.263. The first kappa shape index (κ1) is 17.7. The van der Waals surface area contributed by atoms with Crippen molar-refractivity contribution in [3.63, 3.8) is 0 Å². The van der Waals surface area contributed by atoms with Gasteiger partial charge in [-0.25, -0.2) is 0 Å². The molecule has 2 aromatic rings. The zero-order valence-corrected chi connectivity index (χ0v) is 14.0. The first-order valence-electron chi connectivity index (χ1n) is 7.92. The Kier molecular flexibility index (Phi) is 5.71. The molecule has 126 valence electrons. The van der Waals surface area contributed by atoms with Gasteiger partial charge in [0.2, 0.25) is 5.91 Å². The highest BCUT2D eigenvalue weighted by atomic mass is 16.2. The molecule has 0 fully saturated rings. The minimum Gasteiger partial charge on any atom is -0.366 e. The summed E-state index contributed by atoms with van der Waals surface area (Å²) in [4.78, 5) is 23.4. The van der Waals surface area contributed by atoms with Crippen molar-refractivity contribution in [2.75, 3.05) is 6.54 Å². The summed E-state index contributed by atoms with van der Waals surface area (Å²) in [5.41, 5.74) is 14.3. The fourth-order valence-corrected chi connectivity index (χ4v) is 2.36. The highest BCUT2D eigenvalue weighted by Crippen LogP contribution is 2.17. The van der Waals surface area contributed by atoms with Gasteiger partial charge in [0, 0.05) is 23.7 Å². The minimum atomic E-state index is -0.563. The Morgan fingerprint density at radius 3 is 2.17 bits per heavy atom. The highest BCUT2D eigenvalue weighted by Gasteiger charge is 2.11. The standard InChI is InChI=1S/C19H23N3O2/c1-12(2)13-6-8-14(9-7-13)17(20)11-22-19(24)16-5-3-4-15(10-16)18(21)23/h3-10,12,17H,11,20H2,1-2H3,(H2,21,23)(H,22,24). The second-order valence-electron chi connectivity index (χ2n) is 6.08. The molecule has 5 N–H and O–H groups in total. The van der Waals surface area contributed by atoms with Crippen molar-refractivity contribution in [2.24, 2.45) is 11.5 Å². The molecular weight excluding hydrogens is 302 g/mol. The van der Waals surface area contributed by atoms with Gasteiger partial charge in [-0.15, -0.1) is 0 Å². The normalized spacial score (nSPS) is 12.0. The molecule has 0 spiro atoms. The minimum absolute atomic E-state index is 0.285. The molecule has 0 heterocycles. The van der Waals surface area contributed by atoms with E-state index in [1.165, 1.54) is 11.6 Å². The van der Waals surface area contributed by atoms with Crippen LogP contribution in [0.4, 0.5) is 0 Å². The highest BCUT2D eigenvalue weighted by molar-refractivity contribution is 5.99. The summed E-state index contributed by atoms with van der Waals surface area (Å²) < 4.78 is 0. The maximum atomic E-state index is 12.2. The van der Waals surface area contributed by atoms with E-state index in [-0.39, 0.29) is 11.9 Å². The molecule has 0 aliphatic heterocycles. The molecule has 2 rings (SSSR count). The van der Waals surface area contributed by atoms with Crippen molar-refractivity contribution in [3.05, 3.63) is 70.8 Å². The zero-order chi connectivity index (χ0) is 17.7. The number of nitrogens with one attached hydrogen (secondary N) is 1. The van der Waals surface area contributed by atoms with Gasteiger partial charge in [0.15, 0.2) is 0 Å². The van der Waals surface area contributed by atoms with Gasteiger partial charge >= 0.3 is 0 Å². The predicted molar refractivity (Wildman–Crippen MR) is 94.8 cm³/mol. The number of nitrogens with two attached hydrogens (primary N) is 2. The molecule has 2 amide bonds. The Labute approximate surface area is 142 Å². The molecule has 5 nitrogen and oxygen atoms in total. The number of hydrogen-bond acceptors (Lipinski definition) is 3. The number of amides is 2. The number of benzene rings is 2. The molecule has 0 aliphatic rings. The van der Waals surface area contributed by atoms with E-state index in [0.717, 1.165) is 5.56 Å². The molecule has 0 radical (unpaired) electrons. The Balaban J connectivity index is 1.98. The van der Waals surface area contributed by atoms with Gasteiger partial charge in [0.1, 0.15) is 0 Å². The third-order valence-corrected chi connectivity index (χ3v) is 3.92. The molecule has 0 aromatic heterocycles. The van der Waals surface area contributed by atoms with E-state index < -0.39 is 5.91 Å². The second kappa shape index (κ2) is 7.75. The summed E-state index contributed by atoms with van der Waals surface area (Å²) in [5.74, 6) is -0.383. The fourth-order valence-electron chi connectivity index (χ4n) is 2.36. The summed E-state index contributed by atoms with van der Waals surface area (Å²) in [6.45, 7) is 4.57. The van der Waals surface area contributed by atoms with E-state index in [1.807, 2.05) is 12.1 Å². The van der Waals surface area contributed by atoms with Gasteiger partial charge in [-0.05, 0) is 35.2 Å². The lowest BCUT2D eigenvalue weighted by Crippen LogP contribution is -2.32. The predicted octanol–water partition coefficient (Wildman–Crippen LogP) is 2.34. The second-order valence-corrected chi connectivity index (χ2v) is 6.08. The van der Waals surface area contributed by atoms with Gasteiger partial charge in [0.05, 0.1) is 0 Å². The van der Waals surface area contributed by atoms with Crippen molar-refractivity contribution in [1.82, 2.24) is 5.32 Å². The molecule has 24 heavy (non-hydrogen) atoms. The van der Waals surface area contributed by atoms with Crippen molar-refractivity contribution in [1.29, 1.82) is 0 Å². The van der Waals surface area contributed by atoms with Crippen LogP contribution in [0.5, 0.6) is 0 Å². The molecule has 0 saturated heterocycles. The van der Waals surface area contributed by atoms with Crippen LogP contribution in [-0.2, 0) is 0 Å².